The number of likely N-dealkylation sites (N-methyl/N-ethyl adjacent to an activating group) is 1. The molecule has 70 heavy (non-hydrogen) atoms. The van der Waals surface area contributed by atoms with Gasteiger partial charge in [-0.15, -0.1) is 0 Å². The SMILES string of the molecule is CN[C@H](C)C(=O)N[C@@H](C(=O)N1Cc2cc(OCCOCCOCCC(=O)NCCn3nc(C#N)c4c3CN(C)C(=O)c3ccc(F)cc3[C@@H](C)Oc3cc-4cnc3N)ccc2C[C@@H]1C(N)=O)C(C)(C)C. The average molecular weight is 968 g/mol. The van der Waals surface area contributed by atoms with Gasteiger partial charge in [-0.2, -0.15) is 10.4 Å². The molecular formula is C49H62FN11O9. The molecule has 0 aliphatic carbocycles. The summed E-state index contributed by atoms with van der Waals surface area (Å²) in [5.41, 5.74) is 15.0. The smallest absolute Gasteiger partial charge is 0.254 e. The zero-order valence-electron chi connectivity index (χ0n) is 40.6. The van der Waals surface area contributed by atoms with Gasteiger partial charge in [-0.05, 0) is 73.8 Å². The van der Waals surface area contributed by atoms with Crippen LogP contribution in [0.25, 0.3) is 11.1 Å². The van der Waals surface area contributed by atoms with Gasteiger partial charge in [0.2, 0.25) is 23.6 Å². The molecule has 2 aliphatic heterocycles. The van der Waals surface area contributed by atoms with E-state index in [1.165, 1.54) is 34.2 Å². The van der Waals surface area contributed by atoms with E-state index in [1.54, 1.807) is 44.8 Å². The number of rotatable bonds is 18. The Morgan fingerprint density at radius 2 is 1.76 bits per heavy atom. The van der Waals surface area contributed by atoms with E-state index >= 15 is 0 Å². The van der Waals surface area contributed by atoms with Gasteiger partial charge < -0.3 is 56.2 Å². The lowest BCUT2D eigenvalue weighted by molar-refractivity contribution is -0.146. The monoisotopic (exact) mass is 967 g/mol. The molecule has 2 aliphatic rings. The third kappa shape index (κ3) is 12.5. The van der Waals surface area contributed by atoms with Crippen molar-refractivity contribution in [2.24, 2.45) is 11.1 Å². The van der Waals surface area contributed by atoms with Crippen LogP contribution >= 0.6 is 0 Å². The Balaban J connectivity index is 0.957. The number of nitrogens with two attached hydrogens (primary N) is 2. The summed E-state index contributed by atoms with van der Waals surface area (Å²) in [6.45, 7) is 10.4. The van der Waals surface area contributed by atoms with Crippen LogP contribution in [0.4, 0.5) is 10.2 Å². The van der Waals surface area contributed by atoms with E-state index in [4.69, 9.17) is 30.4 Å². The fourth-order valence-electron chi connectivity index (χ4n) is 8.18. The lowest BCUT2D eigenvalue weighted by Gasteiger charge is -2.40. The number of ether oxygens (including phenoxy) is 4. The number of halogens is 1. The first-order valence-corrected chi connectivity index (χ1v) is 23.0. The highest BCUT2D eigenvalue weighted by Crippen LogP contribution is 2.36. The molecule has 7 N–H and O–H groups in total. The molecule has 2 aromatic carbocycles. The number of fused-ring (bicyclic) bond motifs is 6. The fraction of sp³-hybridized carbons (Fsp3) is 0.469. The number of nitrogens with one attached hydrogen (secondary N) is 3. The van der Waals surface area contributed by atoms with E-state index in [0.717, 1.165) is 11.1 Å². The predicted octanol–water partition coefficient (Wildman–Crippen LogP) is 2.76. The van der Waals surface area contributed by atoms with Gasteiger partial charge in [0.1, 0.15) is 42.4 Å². The average Bonchev–Trinajstić information content (AvgIpc) is 3.67. The molecule has 4 aromatic rings. The molecule has 20 nitrogen and oxygen atoms in total. The van der Waals surface area contributed by atoms with E-state index < -0.39 is 53.2 Å². The van der Waals surface area contributed by atoms with Crippen molar-refractivity contribution in [3.63, 3.8) is 0 Å². The number of benzene rings is 2. The highest BCUT2D eigenvalue weighted by Gasteiger charge is 2.42. The Morgan fingerprint density at radius 3 is 2.46 bits per heavy atom. The summed E-state index contributed by atoms with van der Waals surface area (Å²) in [6.07, 6.45) is 1.01. The summed E-state index contributed by atoms with van der Waals surface area (Å²) in [5.74, 6) is -1.79. The number of nitrogen functional groups attached to an aromatic ring is 1. The first kappa shape index (κ1) is 52.2. The molecule has 2 aromatic heterocycles. The lowest BCUT2D eigenvalue weighted by atomic mass is 9.84. The van der Waals surface area contributed by atoms with Crippen molar-refractivity contribution in [1.82, 2.24) is 40.5 Å². The third-order valence-corrected chi connectivity index (χ3v) is 12.2. The second-order valence-electron chi connectivity index (χ2n) is 18.3. The first-order chi connectivity index (χ1) is 33.3. The summed E-state index contributed by atoms with van der Waals surface area (Å²) in [7, 11) is 3.25. The number of nitrogens with zero attached hydrogens (tertiary/aromatic N) is 6. The lowest BCUT2D eigenvalue weighted by Crippen LogP contribution is -2.61. The van der Waals surface area contributed by atoms with Crippen LogP contribution in [-0.4, -0.2) is 126 Å². The molecule has 0 unspecified atom stereocenters. The molecular weight excluding hydrogens is 906 g/mol. The maximum atomic E-state index is 14.4. The molecule has 5 amide bonds. The standard InChI is InChI=1S/C49H62FN11O9/c1-28(54-6)46(64)57-43(49(3,4)5)48(66)60-26-32-20-34(10-8-30(32)21-38(60)45(53)63)69-19-18-68-17-16-67-15-12-41(62)55-13-14-61-39-27-59(7)47(65)35-11-9-33(50)23-36(35)29(2)70-40-22-31(25-56-44(40)52)42(39)37(24-51)58-61/h8-11,20,22-23,25,28-29,38,43,54H,12-19,21,26-27H2,1-7H3,(H2,52,56)(H2,53,63)(H,55,62)(H,57,64)/t28-,29-,38-,43+/m1/s1. The molecule has 374 valence electrons. The summed E-state index contributed by atoms with van der Waals surface area (Å²) >= 11 is 0. The Labute approximate surface area is 406 Å². The van der Waals surface area contributed by atoms with E-state index in [9.17, 15) is 33.6 Å². The summed E-state index contributed by atoms with van der Waals surface area (Å²) in [6, 6.07) is 10.7. The largest absolute Gasteiger partial charge is 0.491 e. The Morgan fingerprint density at radius 1 is 1.03 bits per heavy atom. The summed E-state index contributed by atoms with van der Waals surface area (Å²) < 4.78 is 39.3. The number of carbonyl (C=O) groups excluding carboxylic acids is 5. The summed E-state index contributed by atoms with van der Waals surface area (Å²) in [4.78, 5) is 73.2. The molecule has 0 saturated carbocycles. The van der Waals surface area contributed by atoms with E-state index in [1.807, 2.05) is 32.9 Å². The molecule has 0 fully saturated rings. The number of aromatic nitrogens is 3. The van der Waals surface area contributed by atoms with Crippen LogP contribution in [0.3, 0.4) is 0 Å². The molecule has 0 saturated heterocycles. The van der Waals surface area contributed by atoms with Gasteiger partial charge in [0, 0.05) is 61.4 Å². The van der Waals surface area contributed by atoms with Gasteiger partial charge in [0.25, 0.3) is 5.91 Å². The van der Waals surface area contributed by atoms with Crippen molar-refractivity contribution in [2.75, 3.05) is 59.4 Å². The Kier molecular flexibility index (Phi) is 17.1. The van der Waals surface area contributed by atoms with Crippen molar-refractivity contribution < 1.29 is 47.3 Å². The number of carbonyl (C=O) groups is 5. The number of amides is 5. The zero-order valence-corrected chi connectivity index (χ0v) is 40.6. The number of hydrogen-bond acceptors (Lipinski definition) is 14. The van der Waals surface area contributed by atoms with Crippen LogP contribution in [0, 0.1) is 22.6 Å². The minimum absolute atomic E-state index is 0.0142. The fourth-order valence-corrected chi connectivity index (χ4v) is 8.18. The van der Waals surface area contributed by atoms with Crippen LogP contribution in [0.1, 0.15) is 85.6 Å². The van der Waals surface area contributed by atoms with Crippen LogP contribution in [0.2, 0.25) is 0 Å². The Hall–Kier alpha value is -7.15. The first-order valence-electron chi connectivity index (χ1n) is 23.0. The quantitative estimate of drug-likeness (QED) is 0.0898. The normalized spacial score (nSPS) is 16.5. The number of anilines is 1. The number of primary amides is 1. The van der Waals surface area contributed by atoms with Crippen molar-refractivity contribution in [3.05, 3.63) is 88.1 Å². The molecule has 4 atom stereocenters. The van der Waals surface area contributed by atoms with Crippen molar-refractivity contribution in [2.45, 2.75) is 91.3 Å². The topological polar surface area (TPSA) is 271 Å². The maximum Gasteiger partial charge on any atom is 0.254 e. The number of pyridine rings is 1. The molecule has 0 spiro atoms. The van der Waals surface area contributed by atoms with Crippen molar-refractivity contribution >= 4 is 35.4 Å². The van der Waals surface area contributed by atoms with Crippen LogP contribution < -0.4 is 36.9 Å². The Bertz CT molecular complexity index is 2630. The highest BCUT2D eigenvalue weighted by molar-refractivity contribution is 5.96. The van der Waals surface area contributed by atoms with Gasteiger partial charge >= 0.3 is 0 Å². The van der Waals surface area contributed by atoms with E-state index in [-0.39, 0.29) is 107 Å². The van der Waals surface area contributed by atoms with E-state index in [2.05, 4.69) is 32.1 Å². The molecule has 6 rings (SSSR count). The minimum Gasteiger partial charge on any atom is -0.491 e. The van der Waals surface area contributed by atoms with Gasteiger partial charge in [-0.1, -0.05) is 26.8 Å². The molecule has 0 radical (unpaired) electrons. The van der Waals surface area contributed by atoms with Gasteiger partial charge in [0.05, 0.1) is 51.3 Å². The third-order valence-electron chi connectivity index (χ3n) is 12.2. The number of nitriles is 1. The van der Waals surface area contributed by atoms with Crippen molar-refractivity contribution in [1.29, 1.82) is 5.26 Å². The molecule has 21 heteroatoms. The van der Waals surface area contributed by atoms with Gasteiger partial charge in [-0.3, -0.25) is 28.7 Å². The van der Waals surface area contributed by atoms with Gasteiger partial charge in [-0.25, -0.2) is 9.37 Å². The van der Waals surface area contributed by atoms with Crippen LogP contribution in [-0.2, 0) is 54.7 Å². The predicted molar refractivity (Wildman–Crippen MR) is 254 cm³/mol. The van der Waals surface area contributed by atoms with Gasteiger partial charge in [0.15, 0.2) is 17.3 Å². The van der Waals surface area contributed by atoms with Crippen molar-refractivity contribution in [3.8, 4) is 28.7 Å². The zero-order chi connectivity index (χ0) is 50.9. The highest BCUT2D eigenvalue weighted by atomic mass is 19.1. The minimum atomic E-state index is -0.909. The van der Waals surface area contributed by atoms with Crippen LogP contribution in [0.5, 0.6) is 11.5 Å². The molecule has 2 bridgehead atoms. The second kappa shape index (κ2) is 23.0. The molecule has 4 heterocycles. The summed E-state index contributed by atoms with van der Waals surface area (Å²) in [5, 5.41) is 23.3. The van der Waals surface area contributed by atoms with Crippen LogP contribution in [0.15, 0.2) is 48.7 Å². The number of hydrogen-bond donors (Lipinski definition) is 5. The van der Waals surface area contributed by atoms with E-state index in [0.29, 0.717) is 28.1 Å². The second-order valence-corrected chi connectivity index (χ2v) is 18.3. The maximum absolute atomic E-state index is 14.4.